The summed E-state index contributed by atoms with van der Waals surface area (Å²) in [5.41, 5.74) is 4.07. The van der Waals surface area contributed by atoms with Gasteiger partial charge in [0.05, 0.1) is 3.79 Å². The monoisotopic (exact) mass is 366 g/mol. The Morgan fingerprint density at radius 1 is 1.10 bits per heavy atom. The second-order valence-electron chi connectivity index (χ2n) is 5.78. The molecule has 2 nitrogen and oxygen atoms in total. The van der Waals surface area contributed by atoms with E-state index >= 15 is 0 Å². The lowest BCUT2D eigenvalue weighted by molar-refractivity contribution is 0.319. The summed E-state index contributed by atoms with van der Waals surface area (Å²) in [7, 11) is 2.17. The zero-order valence-electron chi connectivity index (χ0n) is 12.9. The second-order valence-corrected chi connectivity index (χ2v) is 8.07. The first-order valence-corrected chi connectivity index (χ1v) is 8.93. The minimum atomic E-state index is 0.528. The lowest BCUT2D eigenvalue weighted by Crippen LogP contribution is -2.21. The molecule has 0 fully saturated rings. The van der Waals surface area contributed by atoms with Crippen LogP contribution in [0.5, 0.6) is 0 Å². The third-order valence-corrected chi connectivity index (χ3v) is 4.82. The molecule has 0 unspecified atom stereocenters. The van der Waals surface area contributed by atoms with Crippen molar-refractivity contribution < 1.29 is 0 Å². The molecule has 2 rings (SSSR count). The molecule has 0 spiro atoms. The van der Waals surface area contributed by atoms with Crippen LogP contribution in [0.2, 0.25) is 0 Å². The molecule has 0 amide bonds. The summed E-state index contributed by atoms with van der Waals surface area (Å²) in [6.45, 7) is 7.25. The van der Waals surface area contributed by atoms with Crippen LogP contribution >= 0.6 is 27.3 Å². The smallest absolute Gasteiger partial charge is 0.0701 e. The first kappa shape index (κ1) is 16.7. The predicted octanol–water partition coefficient (Wildman–Crippen LogP) is 4.64. The summed E-state index contributed by atoms with van der Waals surface area (Å²) in [6, 6.07) is 11.6. The van der Waals surface area contributed by atoms with Crippen molar-refractivity contribution in [2.45, 2.75) is 39.5 Å². The molecule has 114 valence electrons. The van der Waals surface area contributed by atoms with Crippen LogP contribution in [0.1, 0.15) is 30.5 Å². The van der Waals surface area contributed by atoms with E-state index in [1.807, 2.05) is 0 Å². The van der Waals surface area contributed by atoms with Gasteiger partial charge in [0, 0.05) is 25.7 Å². The lowest BCUT2D eigenvalue weighted by Gasteiger charge is -2.16. The van der Waals surface area contributed by atoms with Crippen molar-refractivity contribution in [3.8, 4) is 0 Å². The quantitative estimate of drug-likeness (QED) is 0.767. The summed E-state index contributed by atoms with van der Waals surface area (Å²) in [5.74, 6) is 0. The fourth-order valence-electron chi connectivity index (χ4n) is 2.19. The van der Waals surface area contributed by atoms with Gasteiger partial charge in [-0.25, -0.2) is 0 Å². The molecule has 0 bridgehead atoms. The summed E-state index contributed by atoms with van der Waals surface area (Å²) in [6.07, 6.45) is 0. The molecule has 0 saturated heterocycles. The number of halogens is 1. The Balaban J connectivity index is 1.84. The van der Waals surface area contributed by atoms with E-state index < -0.39 is 0 Å². The average Bonchev–Trinajstić information content (AvgIpc) is 2.83. The summed E-state index contributed by atoms with van der Waals surface area (Å²) < 4.78 is 1.20. The molecule has 0 atom stereocenters. The summed E-state index contributed by atoms with van der Waals surface area (Å²) in [5, 5.41) is 5.65. The van der Waals surface area contributed by atoms with Crippen molar-refractivity contribution in [3.63, 3.8) is 0 Å². The van der Waals surface area contributed by atoms with E-state index in [0.717, 1.165) is 19.6 Å². The average molecular weight is 367 g/mol. The van der Waals surface area contributed by atoms with Crippen molar-refractivity contribution in [1.82, 2.24) is 10.2 Å². The van der Waals surface area contributed by atoms with Crippen LogP contribution in [0, 0.1) is 0 Å². The second kappa shape index (κ2) is 8.08. The molecule has 0 radical (unpaired) electrons. The number of nitrogens with zero attached hydrogens (tertiary/aromatic N) is 1. The van der Waals surface area contributed by atoms with Crippen LogP contribution in [0.3, 0.4) is 0 Å². The maximum absolute atomic E-state index is 3.52. The van der Waals surface area contributed by atoms with Crippen LogP contribution < -0.4 is 5.32 Å². The Kier molecular flexibility index (Phi) is 6.42. The van der Waals surface area contributed by atoms with Crippen LogP contribution in [0.4, 0.5) is 0 Å². The number of benzene rings is 1. The van der Waals surface area contributed by atoms with Gasteiger partial charge in [0.25, 0.3) is 0 Å². The Bertz CT molecular complexity index is 548. The predicted molar refractivity (Wildman–Crippen MR) is 95.6 cm³/mol. The van der Waals surface area contributed by atoms with Crippen molar-refractivity contribution >= 4 is 27.3 Å². The van der Waals surface area contributed by atoms with E-state index in [1.165, 1.54) is 20.5 Å². The minimum absolute atomic E-state index is 0.528. The zero-order valence-corrected chi connectivity index (χ0v) is 15.3. The van der Waals surface area contributed by atoms with Gasteiger partial charge in [-0.15, -0.1) is 11.3 Å². The fourth-order valence-corrected chi connectivity index (χ4v) is 3.39. The standard InChI is InChI=1S/C17H23BrN2S/c1-13(2)19-9-14-4-6-15(7-5-14)10-20(3)11-16-8-17(18)21-12-16/h4-8,12-13,19H,9-11H2,1-3H3. The van der Waals surface area contributed by atoms with Gasteiger partial charge in [-0.05, 0) is 51.1 Å². The molecule has 0 aliphatic heterocycles. The van der Waals surface area contributed by atoms with Crippen LogP contribution in [0.25, 0.3) is 0 Å². The molecular weight excluding hydrogens is 344 g/mol. The van der Waals surface area contributed by atoms with E-state index in [4.69, 9.17) is 0 Å². The number of nitrogens with one attached hydrogen (secondary N) is 1. The molecule has 1 aromatic heterocycles. The number of hydrogen-bond acceptors (Lipinski definition) is 3. The maximum Gasteiger partial charge on any atom is 0.0701 e. The van der Waals surface area contributed by atoms with Crippen LogP contribution in [-0.2, 0) is 19.6 Å². The Morgan fingerprint density at radius 2 is 1.71 bits per heavy atom. The van der Waals surface area contributed by atoms with Crippen molar-refractivity contribution in [2.24, 2.45) is 0 Å². The van der Waals surface area contributed by atoms with E-state index in [9.17, 15) is 0 Å². The van der Waals surface area contributed by atoms with E-state index in [0.29, 0.717) is 6.04 Å². The molecule has 1 aromatic carbocycles. The maximum atomic E-state index is 3.52. The molecule has 21 heavy (non-hydrogen) atoms. The number of thiophene rings is 1. The Labute approximate surface area is 140 Å². The molecule has 1 heterocycles. The van der Waals surface area contributed by atoms with Gasteiger partial charge >= 0.3 is 0 Å². The van der Waals surface area contributed by atoms with Crippen molar-refractivity contribution in [2.75, 3.05) is 7.05 Å². The summed E-state index contributed by atoms with van der Waals surface area (Å²) in [4.78, 5) is 2.34. The SMILES string of the molecule is CC(C)NCc1ccc(CN(C)Cc2csc(Br)c2)cc1. The highest BCUT2D eigenvalue weighted by Gasteiger charge is 2.04. The van der Waals surface area contributed by atoms with E-state index in [-0.39, 0.29) is 0 Å². The van der Waals surface area contributed by atoms with Gasteiger partial charge in [-0.1, -0.05) is 38.1 Å². The van der Waals surface area contributed by atoms with Gasteiger partial charge in [-0.2, -0.15) is 0 Å². The molecule has 1 N–H and O–H groups in total. The molecular formula is C17H23BrN2S. The number of hydrogen-bond donors (Lipinski definition) is 1. The first-order valence-electron chi connectivity index (χ1n) is 7.25. The van der Waals surface area contributed by atoms with Crippen molar-refractivity contribution in [3.05, 3.63) is 56.2 Å². The van der Waals surface area contributed by atoms with Gasteiger partial charge in [0.2, 0.25) is 0 Å². The highest BCUT2D eigenvalue weighted by atomic mass is 79.9. The van der Waals surface area contributed by atoms with Gasteiger partial charge in [-0.3, -0.25) is 4.90 Å². The topological polar surface area (TPSA) is 15.3 Å². The first-order chi connectivity index (χ1) is 10.0. The molecule has 4 heteroatoms. The van der Waals surface area contributed by atoms with Gasteiger partial charge in [0.1, 0.15) is 0 Å². The largest absolute Gasteiger partial charge is 0.310 e. The van der Waals surface area contributed by atoms with E-state index in [1.54, 1.807) is 11.3 Å². The number of rotatable bonds is 7. The minimum Gasteiger partial charge on any atom is -0.310 e. The van der Waals surface area contributed by atoms with E-state index in [2.05, 4.69) is 82.8 Å². The third-order valence-electron chi connectivity index (χ3n) is 3.26. The Hall–Kier alpha value is -0.680. The fraction of sp³-hybridized carbons (Fsp3) is 0.412. The van der Waals surface area contributed by atoms with Crippen LogP contribution in [0.15, 0.2) is 39.5 Å². The normalized spacial score (nSPS) is 11.5. The third kappa shape index (κ3) is 5.91. The molecule has 2 aromatic rings. The zero-order chi connectivity index (χ0) is 15.2. The van der Waals surface area contributed by atoms with Gasteiger partial charge in [0.15, 0.2) is 0 Å². The Morgan fingerprint density at radius 3 is 2.29 bits per heavy atom. The van der Waals surface area contributed by atoms with Crippen LogP contribution in [-0.4, -0.2) is 18.0 Å². The molecule has 0 saturated carbocycles. The highest BCUT2D eigenvalue weighted by molar-refractivity contribution is 9.11. The summed E-state index contributed by atoms with van der Waals surface area (Å²) >= 11 is 5.26. The lowest BCUT2D eigenvalue weighted by atomic mass is 10.1. The molecule has 0 aliphatic rings. The molecule has 0 aliphatic carbocycles. The highest BCUT2D eigenvalue weighted by Crippen LogP contribution is 2.21. The van der Waals surface area contributed by atoms with Crippen molar-refractivity contribution in [1.29, 1.82) is 0 Å². The van der Waals surface area contributed by atoms with Gasteiger partial charge < -0.3 is 5.32 Å².